The van der Waals surface area contributed by atoms with Crippen molar-refractivity contribution in [1.29, 1.82) is 0 Å². The third-order valence-corrected chi connectivity index (χ3v) is 6.80. The van der Waals surface area contributed by atoms with E-state index in [1.54, 1.807) is 22.9 Å². The zero-order valence-corrected chi connectivity index (χ0v) is 20.1. The predicted octanol–water partition coefficient (Wildman–Crippen LogP) is 4.17. The minimum absolute atomic E-state index is 0.0268. The number of carbonyl (C=O) groups is 2. The van der Waals surface area contributed by atoms with Gasteiger partial charge in [0, 0.05) is 37.0 Å². The van der Waals surface area contributed by atoms with E-state index in [9.17, 15) is 19.7 Å². The van der Waals surface area contributed by atoms with Crippen LogP contribution in [0.2, 0.25) is 0 Å². The van der Waals surface area contributed by atoms with Gasteiger partial charge in [-0.15, -0.1) is 0 Å². The quantitative estimate of drug-likeness (QED) is 0.264. The van der Waals surface area contributed by atoms with Crippen LogP contribution in [-0.2, 0) is 5.75 Å². The highest BCUT2D eigenvalue weighted by Crippen LogP contribution is 2.30. The molecule has 1 saturated heterocycles. The van der Waals surface area contributed by atoms with Gasteiger partial charge in [-0.25, -0.2) is 0 Å². The average Bonchev–Trinajstić information content (AvgIpc) is 3.56. The van der Waals surface area contributed by atoms with Crippen LogP contribution in [0.15, 0.2) is 51.5 Å². The monoisotopic (exact) mass is 498 g/mol. The fraction of sp³-hybridized carbons (Fsp3) is 0.375. The number of hydrogen-bond donors (Lipinski definition) is 1. The number of nitrogens with one attached hydrogen (secondary N) is 1. The van der Waals surface area contributed by atoms with Gasteiger partial charge in [0.05, 0.1) is 29.3 Å². The van der Waals surface area contributed by atoms with Crippen molar-refractivity contribution in [3.8, 4) is 0 Å². The number of thioether (sulfide) groups is 1. The topological polar surface area (TPSA) is 132 Å². The molecule has 2 amide bonds. The Kier molecular flexibility index (Phi) is 7.86. The Morgan fingerprint density at radius 3 is 2.71 bits per heavy atom. The lowest BCUT2D eigenvalue weighted by atomic mass is 9.89. The highest BCUT2D eigenvalue weighted by Gasteiger charge is 2.30. The van der Waals surface area contributed by atoms with E-state index < -0.39 is 10.8 Å². The van der Waals surface area contributed by atoms with E-state index in [1.165, 1.54) is 12.1 Å². The van der Waals surface area contributed by atoms with Crippen molar-refractivity contribution in [3.63, 3.8) is 0 Å². The number of likely N-dealkylation sites (tertiary alicyclic amines) is 1. The van der Waals surface area contributed by atoms with Crippen molar-refractivity contribution in [2.24, 2.45) is 0 Å². The van der Waals surface area contributed by atoms with Gasteiger partial charge in [0.2, 0.25) is 0 Å². The van der Waals surface area contributed by atoms with Gasteiger partial charge in [0.25, 0.3) is 11.8 Å². The molecule has 35 heavy (non-hydrogen) atoms. The first-order valence-electron chi connectivity index (χ1n) is 11.3. The summed E-state index contributed by atoms with van der Waals surface area (Å²) in [6, 6.07) is 9.91. The Morgan fingerprint density at radius 1 is 1.23 bits per heavy atom. The summed E-state index contributed by atoms with van der Waals surface area (Å²) in [6.45, 7) is 3.30. The molecule has 1 aliphatic rings. The van der Waals surface area contributed by atoms with Gasteiger partial charge in [-0.1, -0.05) is 0 Å². The van der Waals surface area contributed by atoms with Gasteiger partial charge in [0.15, 0.2) is 5.76 Å². The summed E-state index contributed by atoms with van der Waals surface area (Å²) in [6.07, 6.45) is 2.90. The van der Waals surface area contributed by atoms with Crippen molar-refractivity contribution in [2.45, 2.75) is 31.4 Å². The standard InChI is InChI=1S/C24H26N4O6S/c1-16-4-5-19(23(29)25-10-14-35-15-18-3-2-13-33-18)22(26-16)17-8-11-27(12-9-17)24(30)20-6-7-21(34-20)28(31)32/h2-7,13,17H,8-12,14-15H2,1H3,(H,25,29). The number of aromatic nitrogens is 1. The lowest BCUT2D eigenvalue weighted by Crippen LogP contribution is -2.38. The normalized spacial score (nSPS) is 14.1. The molecule has 4 heterocycles. The predicted molar refractivity (Wildman–Crippen MR) is 129 cm³/mol. The maximum absolute atomic E-state index is 12.9. The molecule has 0 radical (unpaired) electrons. The Bertz CT molecular complexity index is 1180. The fourth-order valence-corrected chi connectivity index (χ4v) is 4.79. The summed E-state index contributed by atoms with van der Waals surface area (Å²) < 4.78 is 10.4. The first kappa shape index (κ1) is 24.5. The number of carbonyl (C=O) groups excluding carboxylic acids is 2. The van der Waals surface area contributed by atoms with E-state index in [2.05, 4.69) is 10.3 Å². The molecule has 4 rings (SSSR count). The second-order valence-corrected chi connectivity index (χ2v) is 9.34. The Hall–Kier alpha value is -3.60. The number of pyridine rings is 1. The van der Waals surface area contributed by atoms with E-state index in [0.29, 0.717) is 38.0 Å². The molecule has 3 aromatic heterocycles. The first-order chi connectivity index (χ1) is 16.9. The molecule has 11 heteroatoms. The molecule has 10 nitrogen and oxygen atoms in total. The van der Waals surface area contributed by atoms with Crippen molar-refractivity contribution in [1.82, 2.24) is 15.2 Å². The zero-order valence-electron chi connectivity index (χ0n) is 19.3. The molecule has 1 fully saturated rings. The van der Waals surface area contributed by atoms with Crippen LogP contribution >= 0.6 is 11.8 Å². The van der Waals surface area contributed by atoms with Crippen LogP contribution in [0.25, 0.3) is 0 Å². The van der Waals surface area contributed by atoms with Crippen molar-refractivity contribution in [2.75, 3.05) is 25.4 Å². The van der Waals surface area contributed by atoms with Gasteiger partial charge in [-0.05, 0) is 50.1 Å². The molecule has 0 aromatic carbocycles. The van der Waals surface area contributed by atoms with Crippen molar-refractivity contribution < 1.29 is 23.3 Å². The summed E-state index contributed by atoms with van der Waals surface area (Å²) in [5, 5.41) is 13.8. The summed E-state index contributed by atoms with van der Waals surface area (Å²) in [7, 11) is 0. The number of hydrogen-bond acceptors (Lipinski definition) is 8. The van der Waals surface area contributed by atoms with Crippen LogP contribution in [0.3, 0.4) is 0 Å². The molecule has 1 aliphatic heterocycles. The SMILES string of the molecule is Cc1ccc(C(=O)NCCSCc2ccco2)c(C2CCN(C(=O)c3ccc([N+](=O)[O-])o3)CC2)n1. The number of amides is 2. The molecule has 0 atom stereocenters. The lowest BCUT2D eigenvalue weighted by molar-refractivity contribution is -0.402. The van der Waals surface area contributed by atoms with Crippen LogP contribution < -0.4 is 5.32 Å². The van der Waals surface area contributed by atoms with E-state index in [-0.39, 0.29) is 23.5 Å². The minimum atomic E-state index is -0.670. The maximum Gasteiger partial charge on any atom is 0.433 e. The zero-order chi connectivity index (χ0) is 24.8. The highest BCUT2D eigenvalue weighted by atomic mass is 32.2. The van der Waals surface area contributed by atoms with Crippen LogP contribution in [-0.4, -0.2) is 52.0 Å². The Morgan fingerprint density at radius 2 is 2.03 bits per heavy atom. The van der Waals surface area contributed by atoms with E-state index in [1.807, 2.05) is 31.2 Å². The number of piperidine rings is 1. The Balaban J connectivity index is 1.33. The molecule has 0 saturated carbocycles. The van der Waals surface area contributed by atoms with Crippen LogP contribution in [0.5, 0.6) is 0 Å². The largest absolute Gasteiger partial charge is 0.468 e. The van der Waals surface area contributed by atoms with Crippen LogP contribution in [0, 0.1) is 17.0 Å². The molecule has 3 aromatic rings. The van der Waals surface area contributed by atoms with Gasteiger partial charge in [-0.2, -0.15) is 11.8 Å². The van der Waals surface area contributed by atoms with E-state index in [4.69, 9.17) is 8.83 Å². The second-order valence-electron chi connectivity index (χ2n) is 8.23. The Labute approximate surface area is 206 Å². The molecule has 0 unspecified atom stereocenters. The van der Waals surface area contributed by atoms with E-state index in [0.717, 1.165) is 28.7 Å². The summed E-state index contributed by atoms with van der Waals surface area (Å²) in [5.41, 5.74) is 2.12. The molecule has 1 N–H and O–H groups in total. The number of furan rings is 2. The maximum atomic E-state index is 12.9. The summed E-state index contributed by atoms with van der Waals surface area (Å²) in [5.74, 6) is 1.40. The molecule has 0 spiro atoms. The van der Waals surface area contributed by atoms with E-state index >= 15 is 0 Å². The molecular weight excluding hydrogens is 472 g/mol. The van der Waals surface area contributed by atoms with Gasteiger partial charge < -0.3 is 19.1 Å². The summed E-state index contributed by atoms with van der Waals surface area (Å²) in [4.78, 5) is 42.0. The third-order valence-electron chi connectivity index (χ3n) is 5.82. The highest BCUT2D eigenvalue weighted by molar-refractivity contribution is 7.98. The fourth-order valence-electron chi connectivity index (χ4n) is 4.03. The third kappa shape index (κ3) is 6.10. The number of nitro groups is 1. The average molecular weight is 499 g/mol. The van der Waals surface area contributed by atoms with Crippen molar-refractivity contribution in [3.05, 3.63) is 81.2 Å². The number of nitrogens with zero attached hydrogens (tertiary/aromatic N) is 3. The second kappa shape index (κ2) is 11.2. The number of aryl methyl sites for hydroxylation is 1. The molecule has 0 bridgehead atoms. The minimum Gasteiger partial charge on any atom is -0.468 e. The molecule has 184 valence electrons. The van der Waals surface area contributed by atoms with Gasteiger partial charge in [0.1, 0.15) is 10.7 Å². The lowest BCUT2D eigenvalue weighted by Gasteiger charge is -2.32. The van der Waals surface area contributed by atoms with Crippen molar-refractivity contribution >= 4 is 29.5 Å². The smallest absolute Gasteiger partial charge is 0.433 e. The molecular formula is C24H26N4O6S. The summed E-state index contributed by atoms with van der Waals surface area (Å²) >= 11 is 1.68. The number of rotatable bonds is 9. The van der Waals surface area contributed by atoms with Gasteiger partial charge >= 0.3 is 5.88 Å². The van der Waals surface area contributed by atoms with Gasteiger partial charge in [-0.3, -0.25) is 24.7 Å². The first-order valence-corrected chi connectivity index (χ1v) is 12.5. The molecule has 0 aliphatic carbocycles. The van der Waals surface area contributed by atoms with Crippen LogP contribution in [0.4, 0.5) is 5.88 Å². The van der Waals surface area contributed by atoms with Crippen LogP contribution in [0.1, 0.15) is 56.8 Å².